The van der Waals surface area contributed by atoms with Crippen molar-refractivity contribution in [3.8, 4) is 0 Å². The number of carboxylic acids is 1. The second-order valence-corrected chi connectivity index (χ2v) is 8.16. The molecule has 0 saturated carbocycles. The lowest BCUT2D eigenvalue weighted by atomic mass is 9.96. The number of fused-ring (bicyclic) bond motifs is 1. The molecule has 1 unspecified atom stereocenters. The van der Waals surface area contributed by atoms with Gasteiger partial charge in [-0.25, -0.2) is 4.79 Å². The molecule has 1 aliphatic heterocycles. The molecular formula is C17H16BrNO3S. The van der Waals surface area contributed by atoms with Gasteiger partial charge in [0.1, 0.15) is 0 Å². The van der Waals surface area contributed by atoms with Crippen LogP contribution < -0.4 is 0 Å². The van der Waals surface area contributed by atoms with Gasteiger partial charge in [0.2, 0.25) is 5.91 Å². The first kappa shape index (κ1) is 16.2. The Kier molecular flexibility index (Phi) is 4.55. The Balaban J connectivity index is 1.79. The fourth-order valence-corrected chi connectivity index (χ4v) is 4.30. The van der Waals surface area contributed by atoms with Gasteiger partial charge in [-0.1, -0.05) is 6.07 Å². The molecule has 23 heavy (non-hydrogen) atoms. The summed E-state index contributed by atoms with van der Waals surface area (Å²) in [5.74, 6) is -1.03. The van der Waals surface area contributed by atoms with Crippen molar-refractivity contribution in [1.29, 1.82) is 0 Å². The Morgan fingerprint density at radius 2 is 2.04 bits per heavy atom. The second-order valence-electron chi connectivity index (χ2n) is 5.66. The number of rotatable bonds is 3. The van der Waals surface area contributed by atoms with Gasteiger partial charge in [0.15, 0.2) is 0 Å². The third-order valence-electron chi connectivity index (χ3n) is 4.17. The molecule has 0 bridgehead atoms. The number of nitrogens with zero attached hydrogens (tertiary/aromatic N) is 1. The maximum absolute atomic E-state index is 12.7. The molecule has 2 aromatic rings. The number of carbonyl (C=O) groups is 2. The molecule has 0 radical (unpaired) electrons. The Bertz CT molecular complexity index is 771. The van der Waals surface area contributed by atoms with Gasteiger partial charge in [0, 0.05) is 18.0 Å². The molecule has 4 nitrogen and oxygen atoms in total. The van der Waals surface area contributed by atoms with Crippen molar-refractivity contribution in [2.24, 2.45) is 0 Å². The number of benzene rings is 1. The first-order valence-corrected chi connectivity index (χ1v) is 8.96. The molecule has 120 valence electrons. The summed E-state index contributed by atoms with van der Waals surface area (Å²) >= 11 is 5.00. The summed E-state index contributed by atoms with van der Waals surface area (Å²) in [4.78, 5) is 26.7. The van der Waals surface area contributed by atoms with Crippen LogP contribution in [0, 0.1) is 0 Å². The van der Waals surface area contributed by atoms with Crippen LogP contribution in [0.15, 0.2) is 34.1 Å². The third-order valence-corrected chi connectivity index (χ3v) is 5.97. The van der Waals surface area contributed by atoms with Crippen LogP contribution in [0.1, 0.15) is 39.2 Å². The van der Waals surface area contributed by atoms with Crippen LogP contribution in [-0.2, 0) is 17.8 Å². The quantitative estimate of drug-likeness (QED) is 0.859. The minimum absolute atomic E-state index is 0.0886. The summed E-state index contributed by atoms with van der Waals surface area (Å²) in [6.07, 6.45) is 0.766. The average molecular weight is 394 g/mol. The zero-order chi connectivity index (χ0) is 16.6. The highest BCUT2D eigenvalue weighted by Crippen LogP contribution is 2.31. The SMILES string of the molecule is CC(C(=O)N1CCc2ccc(C(=O)O)cc2C1)c1ccc(Br)s1. The van der Waals surface area contributed by atoms with Gasteiger partial charge in [-0.3, -0.25) is 4.79 Å². The molecule has 0 fully saturated rings. The fraction of sp³-hybridized carbons (Fsp3) is 0.294. The van der Waals surface area contributed by atoms with Crippen molar-refractivity contribution >= 4 is 39.1 Å². The van der Waals surface area contributed by atoms with E-state index in [9.17, 15) is 9.59 Å². The van der Waals surface area contributed by atoms with E-state index in [-0.39, 0.29) is 17.4 Å². The number of hydrogen-bond donors (Lipinski definition) is 1. The van der Waals surface area contributed by atoms with Crippen LogP contribution >= 0.6 is 27.3 Å². The Hall–Kier alpha value is -1.66. The standard InChI is InChI=1S/C17H16BrNO3S/c1-10(14-4-5-15(18)23-14)16(20)19-7-6-11-2-3-12(17(21)22)8-13(11)9-19/h2-5,8,10H,6-7,9H2,1H3,(H,21,22). The largest absolute Gasteiger partial charge is 0.478 e. The number of amides is 1. The van der Waals surface area contributed by atoms with Crippen LogP contribution in [0.5, 0.6) is 0 Å². The zero-order valence-corrected chi connectivity index (χ0v) is 15.0. The van der Waals surface area contributed by atoms with Crippen LogP contribution in [0.25, 0.3) is 0 Å². The molecule has 0 saturated heterocycles. The number of hydrogen-bond acceptors (Lipinski definition) is 3. The van der Waals surface area contributed by atoms with Gasteiger partial charge in [-0.05, 0) is 64.7 Å². The van der Waals surface area contributed by atoms with Gasteiger partial charge in [0.25, 0.3) is 0 Å². The topological polar surface area (TPSA) is 57.6 Å². The van der Waals surface area contributed by atoms with E-state index in [1.165, 1.54) is 0 Å². The zero-order valence-electron chi connectivity index (χ0n) is 12.6. The first-order chi connectivity index (χ1) is 11.0. The molecule has 0 aliphatic carbocycles. The van der Waals surface area contributed by atoms with Crippen molar-refractivity contribution in [3.05, 3.63) is 55.7 Å². The lowest BCUT2D eigenvalue weighted by Gasteiger charge is -2.31. The summed E-state index contributed by atoms with van der Waals surface area (Å²) in [5.41, 5.74) is 2.34. The van der Waals surface area contributed by atoms with Crippen LogP contribution in [-0.4, -0.2) is 28.4 Å². The number of halogens is 1. The molecule has 1 aromatic carbocycles. The van der Waals surface area contributed by atoms with E-state index >= 15 is 0 Å². The van der Waals surface area contributed by atoms with Crippen molar-refractivity contribution in [3.63, 3.8) is 0 Å². The molecule has 1 aliphatic rings. The molecule has 0 spiro atoms. The van der Waals surface area contributed by atoms with E-state index in [1.54, 1.807) is 23.5 Å². The molecule has 1 amide bonds. The van der Waals surface area contributed by atoms with Gasteiger partial charge in [-0.2, -0.15) is 0 Å². The highest BCUT2D eigenvalue weighted by molar-refractivity contribution is 9.11. The maximum Gasteiger partial charge on any atom is 0.335 e. The summed E-state index contributed by atoms with van der Waals surface area (Å²) in [7, 11) is 0. The average Bonchev–Trinajstić information content (AvgIpc) is 2.98. The minimum atomic E-state index is -0.937. The van der Waals surface area contributed by atoms with Gasteiger partial charge >= 0.3 is 5.97 Å². The van der Waals surface area contributed by atoms with E-state index in [4.69, 9.17) is 5.11 Å². The molecule has 1 N–H and O–H groups in total. The summed E-state index contributed by atoms with van der Waals surface area (Å²) in [6, 6.07) is 9.10. The number of carboxylic acid groups (broad SMARTS) is 1. The van der Waals surface area contributed by atoms with Crippen molar-refractivity contribution in [2.75, 3.05) is 6.54 Å². The number of carbonyl (C=O) groups excluding carboxylic acids is 1. The molecule has 1 aromatic heterocycles. The number of aromatic carboxylic acids is 1. The van der Waals surface area contributed by atoms with Crippen LogP contribution in [0.2, 0.25) is 0 Å². The highest BCUT2D eigenvalue weighted by Gasteiger charge is 2.26. The predicted octanol–water partition coefficient (Wildman–Crippen LogP) is 3.90. The van der Waals surface area contributed by atoms with Crippen molar-refractivity contribution in [1.82, 2.24) is 4.90 Å². The normalized spacial score (nSPS) is 15.1. The number of thiophene rings is 1. The van der Waals surface area contributed by atoms with Crippen molar-refractivity contribution in [2.45, 2.75) is 25.8 Å². The van der Waals surface area contributed by atoms with Gasteiger partial charge in [-0.15, -0.1) is 11.3 Å². The Labute approximate surface area is 146 Å². The van der Waals surface area contributed by atoms with E-state index in [0.29, 0.717) is 13.1 Å². The van der Waals surface area contributed by atoms with E-state index in [0.717, 1.165) is 26.2 Å². The lowest BCUT2D eigenvalue weighted by molar-refractivity contribution is -0.133. The fourth-order valence-electron chi connectivity index (χ4n) is 2.83. The Morgan fingerprint density at radius 1 is 1.26 bits per heavy atom. The third kappa shape index (κ3) is 3.33. The van der Waals surface area contributed by atoms with E-state index in [2.05, 4.69) is 15.9 Å². The van der Waals surface area contributed by atoms with Crippen LogP contribution in [0.3, 0.4) is 0 Å². The monoisotopic (exact) mass is 393 g/mol. The smallest absolute Gasteiger partial charge is 0.335 e. The molecular weight excluding hydrogens is 378 g/mol. The highest BCUT2D eigenvalue weighted by atomic mass is 79.9. The van der Waals surface area contributed by atoms with E-state index in [1.807, 2.05) is 30.0 Å². The molecule has 1 atom stereocenters. The lowest BCUT2D eigenvalue weighted by Crippen LogP contribution is -2.38. The summed E-state index contributed by atoms with van der Waals surface area (Å²) < 4.78 is 1.02. The molecule has 2 heterocycles. The van der Waals surface area contributed by atoms with Gasteiger partial charge < -0.3 is 10.0 Å². The minimum Gasteiger partial charge on any atom is -0.478 e. The maximum atomic E-state index is 12.7. The van der Waals surface area contributed by atoms with Gasteiger partial charge in [0.05, 0.1) is 15.3 Å². The van der Waals surface area contributed by atoms with Crippen molar-refractivity contribution < 1.29 is 14.7 Å². The van der Waals surface area contributed by atoms with E-state index < -0.39 is 5.97 Å². The summed E-state index contributed by atoms with van der Waals surface area (Å²) in [5, 5.41) is 9.12. The Morgan fingerprint density at radius 3 is 2.70 bits per heavy atom. The molecule has 3 rings (SSSR count). The predicted molar refractivity (Wildman–Crippen MR) is 93.0 cm³/mol. The summed E-state index contributed by atoms with van der Waals surface area (Å²) in [6.45, 7) is 3.07. The van der Waals surface area contributed by atoms with Crippen LogP contribution in [0.4, 0.5) is 0 Å². The first-order valence-electron chi connectivity index (χ1n) is 7.35. The molecule has 6 heteroatoms. The second kappa shape index (κ2) is 6.45.